The fourth-order valence-corrected chi connectivity index (χ4v) is 5.85. The van der Waals surface area contributed by atoms with Crippen molar-refractivity contribution in [3.8, 4) is 0 Å². The number of fused-ring (bicyclic) bond motifs is 1. The van der Waals surface area contributed by atoms with Crippen molar-refractivity contribution in [2.24, 2.45) is 17.8 Å². The molecular weight excluding hydrogens is 422 g/mol. The molecule has 0 unspecified atom stereocenters. The number of benzene rings is 1. The molecule has 2 aliphatic heterocycles. The third-order valence-corrected chi connectivity index (χ3v) is 7.58. The van der Waals surface area contributed by atoms with E-state index in [0.29, 0.717) is 0 Å². The van der Waals surface area contributed by atoms with E-state index in [0.717, 1.165) is 37.7 Å². The van der Waals surface area contributed by atoms with E-state index >= 15 is 0 Å². The largest absolute Gasteiger partial charge is 0.468 e. The lowest BCUT2D eigenvalue weighted by Gasteiger charge is -2.31. The maximum absolute atomic E-state index is 13.5. The fourth-order valence-electron chi connectivity index (χ4n) is 5.85. The molecule has 3 amide bonds. The molecule has 1 aromatic rings. The van der Waals surface area contributed by atoms with E-state index in [-0.39, 0.29) is 36.7 Å². The van der Waals surface area contributed by atoms with Crippen molar-refractivity contribution in [1.82, 2.24) is 15.1 Å². The molecule has 0 aromatic heterocycles. The van der Waals surface area contributed by atoms with E-state index in [1.165, 1.54) is 12.0 Å². The van der Waals surface area contributed by atoms with Crippen LogP contribution in [0.25, 0.3) is 0 Å². The van der Waals surface area contributed by atoms with Crippen LogP contribution in [0, 0.1) is 17.8 Å². The molecule has 8 nitrogen and oxygen atoms in total. The summed E-state index contributed by atoms with van der Waals surface area (Å²) in [6, 6.07) is 8.79. The summed E-state index contributed by atoms with van der Waals surface area (Å²) in [4.78, 5) is 55.6. The molecule has 2 saturated heterocycles. The van der Waals surface area contributed by atoms with Gasteiger partial charge >= 0.3 is 5.97 Å². The summed E-state index contributed by atoms with van der Waals surface area (Å²) in [7, 11) is 3.02. The molecule has 1 aromatic carbocycles. The molecule has 8 heteroatoms. The second-order valence-electron chi connectivity index (χ2n) is 9.75. The van der Waals surface area contributed by atoms with Crippen LogP contribution in [0.15, 0.2) is 30.3 Å². The van der Waals surface area contributed by atoms with Crippen LogP contribution in [0.3, 0.4) is 0 Å². The van der Waals surface area contributed by atoms with Gasteiger partial charge in [0.2, 0.25) is 17.7 Å². The number of likely N-dealkylation sites (tertiary alicyclic amines) is 1. The number of carbonyl (C=O) groups excluding carboxylic acids is 4. The third kappa shape index (κ3) is 4.16. The number of hydrogen-bond donors (Lipinski definition) is 1. The number of nitrogens with zero attached hydrogens (tertiary/aromatic N) is 2. The molecule has 3 fully saturated rings. The Morgan fingerprint density at radius 2 is 1.79 bits per heavy atom. The number of likely N-dealkylation sites (N-methyl/N-ethyl adjacent to an activating group) is 1. The monoisotopic (exact) mass is 455 g/mol. The minimum atomic E-state index is -1.34. The molecule has 3 aliphatic rings. The molecule has 4 rings (SSSR count). The first-order valence-electron chi connectivity index (χ1n) is 11.8. The maximum atomic E-state index is 13.5. The minimum Gasteiger partial charge on any atom is -0.468 e. The second kappa shape index (κ2) is 9.25. The van der Waals surface area contributed by atoms with Crippen LogP contribution in [0.2, 0.25) is 0 Å². The summed E-state index contributed by atoms with van der Waals surface area (Å²) in [6.45, 7) is 2.03. The normalized spacial score (nSPS) is 29.8. The van der Waals surface area contributed by atoms with Crippen LogP contribution in [0.5, 0.6) is 0 Å². The Balaban J connectivity index is 1.58. The first-order chi connectivity index (χ1) is 15.8. The maximum Gasteiger partial charge on any atom is 0.326 e. The Labute approximate surface area is 194 Å². The highest BCUT2D eigenvalue weighted by Gasteiger charge is 2.66. The Morgan fingerprint density at radius 3 is 2.42 bits per heavy atom. The number of rotatable bonds is 6. The van der Waals surface area contributed by atoms with Gasteiger partial charge in [0, 0.05) is 25.6 Å². The second-order valence-corrected chi connectivity index (χ2v) is 9.75. The number of hydrogen-bond acceptors (Lipinski definition) is 6. The van der Waals surface area contributed by atoms with E-state index in [9.17, 15) is 19.2 Å². The molecule has 0 bridgehead atoms. The number of esters is 1. The quantitative estimate of drug-likeness (QED) is 0.519. The van der Waals surface area contributed by atoms with Gasteiger partial charge in [-0.25, -0.2) is 0 Å². The van der Waals surface area contributed by atoms with Crippen molar-refractivity contribution < 1.29 is 23.9 Å². The van der Waals surface area contributed by atoms with Crippen LogP contribution in [0.4, 0.5) is 0 Å². The first-order valence-corrected chi connectivity index (χ1v) is 11.8. The van der Waals surface area contributed by atoms with Gasteiger partial charge in [-0.15, -0.1) is 0 Å². The number of amides is 3. The van der Waals surface area contributed by atoms with E-state index in [4.69, 9.17) is 4.74 Å². The van der Waals surface area contributed by atoms with Gasteiger partial charge in [0.25, 0.3) is 0 Å². The van der Waals surface area contributed by atoms with Gasteiger partial charge < -0.3 is 9.64 Å². The highest BCUT2D eigenvalue weighted by molar-refractivity contribution is 6.09. The van der Waals surface area contributed by atoms with Gasteiger partial charge in [-0.2, -0.15) is 0 Å². The van der Waals surface area contributed by atoms with Crippen molar-refractivity contribution in [2.45, 2.75) is 57.2 Å². The number of nitrogens with one attached hydrogen (secondary N) is 1. The van der Waals surface area contributed by atoms with E-state index in [2.05, 4.69) is 5.32 Å². The average Bonchev–Trinajstić information content (AvgIpc) is 3.27. The Bertz CT molecular complexity index is 929. The Kier molecular flexibility index (Phi) is 6.56. The number of methoxy groups -OCH3 is 1. The molecule has 1 saturated carbocycles. The van der Waals surface area contributed by atoms with Gasteiger partial charge in [-0.3, -0.25) is 29.4 Å². The van der Waals surface area contributed by atoms with E-state index < -0.39 is 29.4 Å². The van der Waals surface area contributed by atoms with Gasteiger partial charge in [-0.05, 0) is 25.3 Å². The zero-order chi connectivity index (χ0) is 23.8. The van der Waals surface area contributed by atoms with Crippen molar-refractivity contribution in [3.05, 3.63) is 35.9 Å². The standard InChI is InChI=1S/C25H33N3O5/c1-25(24(32)33-3)20-19(22(30)28(23(20)31)14-16-10-6-4-7-11-16)18(26-25)15-27(2)21(29)17-12-8-5-9-13-17/h4,6-7,10-11,17-20,26H,5,8-9,12-15H2,1-3H3/t18-,19+,20-,25-/m1/s1. The van der Waals surface area contributed by atoms with Gasteiger partial charge in [0.05, 0.1) is 25.5 Å². The highest BCUT2D eigenvalue weighted by atomic mass is 16.5. The van der Waals surface area contributed by atoms with Crippen LogP contribution in [0.1, 0.15) is 44.6 Å². The predicted octanol–water partition coefficient (Wildman–Crippen LogP) is 1.73. The Morgan fingerprint density at radius 1 is 1.12 bits per heavy atom. The minimum absolute atomic E-state index is 0.00318. The van der Waals surface area contributed by atoms with Crippen molar-refractivity contribution in [3.63, 3.8) is 0 Å². The molecule has 33 heavy (non-hydrogen) atoms. The summed E-state index contributed by atoms with van der Waals surface area (Å²) in [6.07, 6.45) is 5.04. The van der Waals surface area contributed by atoms with Crippen molar-refractivity contribution in [1.29, 1.82) is 0 Å². The summed E-state index contributed by atoms with van der Waals surface area (Å²) in [5.41, 5.74) is -0.496. The number of ether oxygens (including phenoxy) is 1. The van der Waals surface area contributed by atoms with Gasteiger partial charge in [0.15, 0.2) is 0 Å². The van der Waals surface area contributed by atoms with Crippen LogP contribution >= 0.6 is 0 Å². The number of imide groups is 1. The predicted molar refractivity (Wildman–Crippen MR) is 121 cm³/mol. The molecule has 178 valence electrons. The summed E-state index contributed by atoms with van der Waals surface area (Å²) < 4.78 is 5.01. The molecule has 1 aliphatic carbocycles. The highest BCUT2D eigenvalue weighted by Crippen LogP contribution is 2.44. The first kappa shape index (κ1) is 23.4. The van der Waals surface area contributed by atoms with E-state index in [1.54, 1.807) is 18.9 Å². The molecular formula is C25H33N3O5. The molecule has 0 radical (unpaired) electrons. The smallest absolute Gasteiger partial charge is 0.326 e. The zero-order valence-electron chi connectivity index (χ0n) is 19.6. The third-order valence-electron chi connectivity index (χ3n) is 7.58. The molecule has 0 spiro atoms. The summed E-state index contributed by atoms with van der Waals surface area (Å²) in [5.74, 6) is -2.79. The van der Waals surface area contributed by atoms with Crippen LogP contribution in [-0.4, -0.2) is 65.8 Å². The molecule has 1 N–H and O–H groups in total. The molecule has 4 atom stereocenters. The zero-order valence-corrected chi connectivity index (χ0v) is 19.6. The Hall–Kier alpha value is -2.74. The van der Waals surface area contributed by atoms with Crippen molar-refractivity contribution in [2.75, 3.05) is 20.7 Å². The lowest BCUT2D eigenvalue weighted by atomic mass is 9.81. The van der Waals surface area contributed by atoms with Gasteiger partial charge in [-0.1, -0.05) is 49.6 Å². The average molecular weight is 456 g/mol. The van der Waals surface area contributed by atoms with Crippen molar-refractivity contribution >= 4 is 23.7 Å². The number of carbonyl (C=O) groups is 4. The summed E-state index contributed by atoms with van der Waals surface area (Å²) in [5, 5.41) is 3.22. The SMILES string of the molecule is COC(=O)[C@]1(C)N[C@H](CN(C)C(=O)C2CCCCC2)[C@@H]2C(=O)N(Cc3ccccc3)C(=O)[C@@H]21. The summed E-state index contributed by atoms with van der Waals surface area (Å²) >= 11 is 0. The fraction of sp³-hybridized carbons (Fsp3) is 0.600. The van der Waals surface area contributed by atoms with Crippen LogP contribution < -0.4 is 5.32 Å². The topological polar surface area (TPSA) is 96.0 Å². The lowest BCUT2D eigenvalue weighted by Crippen LogP contribution is -2.56. The molecule has 2 heterocycles. The van der Waals surface area contributed by atoms with Gasteiger partial charge in [0.1, 0.15) is 5.54 Å². The van der Waals surface area contributed by atoms with E-state index in [1.807, 2.05) is 30.3 Å². The van der Waals surface area contributed by atoms with Crippen LogP contribution in [-0.2, 0) is 30.5 Å². The lowest BCUT2D eigenvalue weighted by molar-refractivity contribution is -0.153.